The van der Waals surface area contributed by atoms with Crippen molar-refractivity contribution in [2.75, 3.05) is 19.7 Å². The van der Waals surface area contributed by atoms with Gasteiger partial charge >= 0.3 is 6.03 Å². The minimum atomic E-state index is -0.550. The number of carbonyl (C=O) groups excluding carboxylic acids is 3. The van der Waals surface area contributed by atoms with E-state index in [1.165, 1.54) is 0 Å². The largest absolute Gasteiger partial charge is 0.478 e. The lowest BCUT2D eigenvalue weighted by molar-refractivity contribution is -0.130. The van der Waals surface area contributed by atoms with Gasteiger partial charge in [0.25, 0.3) is 5.91 Å². The summed E-state index contributed by atoms with van der Waals surface area (Å²) in [5, 5.41) is 4.98. The summed E-state index contributed by atoms with van der Waals surface area (Å²) in [6.45, 7) is 2.17. The molecule has 1 aliphatic rings. The van der Waals surface area contributed by atoms with Crippen LogP contribution in [0, 0.1) is 0 Å². The number of nitrogens with zero attached hydrogens (tertiary/aromatic N) is 2. The number of ether oxygens (including phenoxy) is 1. The van der Waals surface area contributed by atoms with Crippen molar-refractivity contribution in [1.29, 1.82) is 0 Å². The van der Waals surface area contributed by atoms with Gasteiger partial charge in [-0.3, -0.25) is 14.5 Å². The molecule has 8 heteroatoms. The first-order valence-electron chi connectivity index (χ1n) is 6.53. The first kappa shape index (κ1) is 14.8. The van der Waals surface area contributed by atoms with E-state index < -0.39 is 17.8 Å². The molecule has 0 atom stereocenters. The van der Waals surface area contributed by atoms with Crippen LogP contribution in [0.1, 0.15) is 12.5 Å². The number of urea groups is 1. The van der Waals surface area contributed by atoms with Gasteiger partial charge in [0.2, 0.25) is 11.8 Å². The van der Waals surface area contributed by atoms with Crippen LogP contribution in [0.15, 0.2) is 18.3 Å². The zero-order valence-corrected chi connectivity index (χ0v) is 11.6. The molecule has 112 valence electrons. The van der Waals surface area contributed by atoms with E-state index in [1.54, 1.807) is 18.3 Å². The molecule has 1 aromatic heterocycles. The number of rotatable bonds is 6. The third kappa shape index (κ3) is 3.68. The number of nitrogens with one attached hydrogen (secondary N) is 2. The van der Waals surface area contributed by atoms with E-state index in [-0.39, 0.29) is 19.6 Å². The summed E-state index contributed by atoms with van der Waals surface area (Å²) in [5.74, 6) is -0.381. The number of hydrogen-bond donors (Lipinski definition) is 2. The summed E-state index contributed by atoms with van der Waals surface area (Å²) in [7, 11) is 0. The summed E-state index contributed by atoms with van der Waals surface area (Å²) in [4.78, 5) is 39.4. The van der Waals surface area contributed by atoms with Gasteiger partial charge in [-0.2, -0.15) is 0 Å². The Morgan fingerprint density at radius 1 is 1.52 bits per heavy atom. The summed E-state index contributed by atoms with van der Waals surface area (Å²) in [6.07, 6.45) is 1.60. The van der Waals surface area contributed by atoms with Crippen molar-refractivity contribution in [1.82, 2.24) is 20.5 Å². The topological polar surface area (TPSA) is 101 Å². The summed E-state index contributed by atoms with van der Waals surface area (Å²) >= 11 is 0. The zero-order valence-electron chi connectivity index (χ0n) is 11.6. The van der Waals surface area contributed by atoms with Gasteiger partial charge in [0.1, 0.15) is 6.54 Å². The molecule has 0 bridgehead atoms. The van der Waals surface area contributed by atoms with Gasteiger partial charge < -0.3 is 15.4 Å². The molecule has 4 amide bonds. The van der Waals surface area contributed by atoms with Crippen LogP contribution >= 0.6 is 0 Å². The van der Waals surface area contributed by atoms with Crippen molar-refractivity contribution >= 4 is 17.8 Å². The first-order valence-corrected chi connectivity index (χ1v) is 6.53. The van der Waals surface area contributed by atoms with Gasteiger partial charge in [-0.1, -0.05) is 6.07 Å². The maximum atomic E-state index is 11.8. The fraction of sp³-hybridized carbons (Fsp3) is 0.385. The minimum Gasteiger partial charge on any atom is -0.478 e. The summed E-state index contributed by atoms with van der Waals surface area (Å²) < 4.78 is 5.35. The second-order valence-corrected chi connectivity index (χ2v) is 4.32. The lowest BCUT2D eigenvalue weighted by atomic mass is 10.2. The quantitative estimate of drug-likeness (QED) is 0.698. The lowest BCUT2D eigenvalue weighted by Crippen LogP contribution is -2.40. The summed E-state index contributed by atoms with van der Waals surface area (Å²) in [5.41, 5.74) is 0.727. The highest BCUT2D eigenvalue weighted by Crippen LogP contribution is 2.13. The van der Waals surface area contributed by atoms with Crippen LogP contribution in [-0.4, -0.2) is 47.4 Å². The predicted molar refractivity (Wildman–Crippen MR) is 72.4 cm³/mol. The van der Waals surface area contributed by atoms with Crippen LogP contribution in [0.5, 0.6) is 5.88 Å². The highest BCUT2D eigenvalue weighted by atomic mass is 16.5. The van der Waals surface area contributed by atoms with Gasteiger partial charge in [0, 0.05) is 18.3 Å². The van der Waals surface area contributed by atoms with Crippen molar-refractivity contribution in [3.05, 3.63) is 23.9 Å². The number of aromatic nitrogens is 1. The second-order valence-electron chi connectivity index (χ2n) is 4.32. The molecule has 1 saturated heterocycles. The Balaban J connectivity index is 1.89. The molecule has 0 spiro atoms. The monoisotopic (exact) mass is 292 g/mol. The molecule has 1 aromatic rings. The Bertz CT molecular complexity index is 545. The smallest absolute Gasteiger partial charge is 0.325 e. The fourth-order valence-electron chi connectivity index (χ4n) is 1.83. The average Bonchev–Trinajstić information content (AvgIpc) is 2.78. The Morgan fingerprint density at radius 3 is 3.00 bits per heavy atom. The maximum Gasteiger partial charge on any atom is 0.325 e. The molecular formula is C13H16N4O4. The molecule has 1 fully saturated rings. The molecule has 0 saturated carbocycles. The van der Waals surface area contributed by atoms with E-state index >= 15 is 0 Å². The third-order valence-electron chi connectivity index (χ3n) is 2.85. The van der Waals surface area contributed by atoms with Crippen molar-refractivity contribution in [2.24, 2.45) is 0 Å². The van der Waals surface area contributed by atoms with Gasteiger partial charge in [-0.15, -0.1) is 0 Å². The second kappa shape index (κ2) is 6.69. The van der Waals surface area contributed by atoms with Crippen molar-refractivity contribution in [3.8, 4) is 5.88 Å². The van der Waals surface area contributed by atoms with Gasteiger partial charge in [-0.25, -0.2) is 9.78 Å². The highest BCUT2D eigenvalue weighted by Gasteiger charge is 2.29. The van der Waals surface area contributed by atoms with E-state index in [1.807, 2.05) is 6.92 Å². The number of imide groups is 1. The summed E-state index contributed by atoms with van der Waals surface area (Å²) in [6, 6.07) is 2.97. The molecule has 1 aliphatic heterocycles. The van der Waals surface area contributed by atoms with Crippen LogP contribution in [0.2, 0.25) is 0 Å². The SMILES string of the molecule is CCOc1ncccc1CNC(=O)CN1C(=O)CNC1=O. The van der Waals surface area contributed by atoms with Gasteiger partial charge in [0.15, 0.2) is 0 Å². The Labute approximate surface area is 121 Å². The van der Waals surface area contributed by atoms with Crippen LogP contribution < -0.4 is 15.4 Å². The maximum absolute atomic E-state index is 11.8. The number of carbonyl (C=O) groups is 3. The molecule has 21 heavy (non-hydrogen) atoms. The standard InChI is InChI=1S/C13H16N4O4/c1-2-21-12-9(4-3-5-14-12)6-15-10(18)8-17-11(19)7-16-13(17)20/h3-5H,2,6-8H2,1H3,(H,15,18)(H,16,20). The minimum absolute atomic E-state index is 0.0663. The number of pyridine rings is 1. The molecule has 2 rings (SSSR count). The van der Waals surface area contributed by atoms with Crippen LogP contribution in [-0.2, 0) is 16.1 Å². The van der Waals surface area contributed by atoms with E-state index in [4.69, 9.17) is 4.74 Å². The Hall–Kier alpha value is -2.64. The molecule has 2 heterocycles. The molecule has 0 aliphatic carbocycles. The molecule has 0 radical (unpaired) electrons. The Kier molecular flexibility index (Phi) is 4.70. The predicted octanol–water partition coefficient (Wildman–Crippen LogP) is -0.352. The molecular weight excluding hydrogens is 276 g/mol. The van der Waals surface area contributed by atoms with Crippen LogP contribution in [0.4, 0.5) is 4.79 Å². The number of hydrogen-bond acceptors (Lipinski definition) is 5. The number of amides is 4. The zero-order chi connectivity index (χ0) is 15.2. The van der Waals surface area contributed by atoms with Crippen molar-refractivity contribution in [3.63, 3.8) is 0 Å². The highest BCUT2D eigenvalue weighted by molar-refractivity contribution is 6.04. The van der Waals surface area contributed by atoms with E-state index in [0.717, 1.165) is 10.5 Å². The van der Waals surface area contributed by atoms with E-state index in [2.05, 4.69) is 15.6 Å². The first-order chi connectivity index (χ1) is 10.1. The van der Waals surface area contributed by atoms with E-state index in [9.17, 15) is 14.4 Å². The molecule has 0 unspecified atom stereocenters. The van der Waals surface area contributed by atoms with Crippen LogP contribution in [0.3, 0.4) is 0 Å². The lowest BCUT2D eigenvalue weighted by Gasteiger charge is -2.13. The average molecular weight is 292 g/mol. The van der Waals surface area contributed by atoms with E-state index in [0.29, 0.717) is 12.5 Å². The molecule has 0 aromatic carbocycles. The Morgan fingerprint density at radius 2 is 2.33 bits per heavy atom. The molecule has 8 nitrogen and oxygen atoms in total. The van der Waals surface area contributed by atoms with Gasteiger partial charge in [0.05, 0.1) is 13.2 Å². The third-order valence-corrected chi connectivity index (χ3v) is 2.85. The van der Waals surface area contributed by atoms with Crippen LogP contribution in [0.25, 0.3) is 0 Å². The normalized spacial score (nSPS) is 14.0. The fourth-order valence-corrected chi connectivity index (χ4v) is 1.83. The molecule has 2 N–H and O–H groups in total. The van der Waals surface area contributed by atoms with Crippen molar-refractivity contribution in [2.45, 2.75) is 13.5 Å². The van der Waals surface area contributed by atoms with Crippen molar-refractivity contribution < 1.29 is 19.1 Å². The van der Waals surface area contributed by atoms with Gasteiger partial charge in [-0.05, 0) is 13.0 Å².